The standard InChI is InChI=1S/C16H16Cl2N2S/c1-2-9-21-14-6-3-12(4-7-14)11-19-20-13-5-8-15(17)16(18)10-13/h3-8,10-11,20H,2,9H2,1H3. The molecule has 0 heterocycles. The summed E-state index contributed by atoms with van der Waals surface area (Å²) in [5.41, 5.74) is 4.78. The zero-order valence-electron chi connectivity index (χ0n) is 11.6. The molecule has 0 aliphatic carbocycles. The van der Waals surface area contributed by atoms with Crippen molar-refractivity contribution in [1.29, 1.82) is 0 Å². The van der Waals surface area contributed by atoms with Gasteiger partial charge in [0.15, 0.2) is 0 Å². The van der Waals surface area contributed by atoms with Crippen LogP contribution in [0.4, 0.5) is 5.69 Å². The predicted molar refractivity (Wildman–Crippen MR) is 95.1 cm³/mol. The maximum atomic E-state index is 5.94. The van der Waals surface area contributed by atoms with Gasteiger partial charge in [-0.2, -0.15) is 5.10 Å². The van der Waals surface area contributed by atoms with E-state index in [9.17, 15) is 0 Å². The van der Waals surface area contributed by atoms with Gasteiger partial charge in [-0.3, -0.25) is 5.43 Å². The van der Waals surface area contributed by atoms with Crippen molar-refractivity contribution < 1.29 is 0 Å². The molecule has 0 aliphatic rings. The van der Waals surface area contributed by atoms with Gasteiger partial charge in [-0.25, -0.2) is 0 Å². The quantitative estimate of drug-likeness (QED) is 0.400. The zero-order chi connectivity index (χ0) is 15.1. The molecule has 2 aromatic carbocycles. The summed E-state index contributed by atoms with van der Waals surface area (Å²) in [6, 6.07) is 13.6. The molecule has 110 valence electrons. The smallest absolute Gasteiger partial charge is 0.0613 e. The molecule has 0 atom stereocenters. The predicted octanol–water partition coefficient (Wildman–Crippen LogP) is 5.94. The van der Waals surface area contributed by atoms with Crippen LogP contribution in [-0.4, -0.2) is 12.0 Å². The van der Waals surface area contributed by atoms with E-state index in [0.29, 0.717) is 10.0 Å². The molecule has 0 saturated carbocycles. The number of hydrazone groups is 1. The molecule has 0 bridgehead atoms. The van der Waals surface area contributed by atoms with Crippen molar-refractivity contribution in [2.75, 3.05) is 11.2 Å². The number of nitrogens with one attached hydrogen (secondary N) is 1. The minimum atomic E-state index is 0.508. The summed E-state index contributed by atoms with van der Waals surface area (Å²) in [4.78, 5) is 1.28. The Morgan fingerprint density at radius 1 is 1.10 bits per heavy atom. The molecule has 0 fully saturated rings. The summed E-state index contributed by atoms with van der Waals surface area (Å²) in [7, 11) is 0. The molecule has 5 heteroatoms. The number of thioether (sulfide) groups is 1. The van der Waals surface area contributed by atoms with E-state index in [-0.39, 0.29) is 0 Å². The highest BCUT2D eigenvalue weighted by atomic mass is 35.5. The molecule has 2 aromatic rings. The highest BCUT2D eigenvalue weighted by Crippen LogP contribution is 2.25. The fourth-order valence-electron chi connectivity index (χ4n) is 1.62. The van der Waals surface area contributed by atoms with Crippen LogP contribution in [0.25, 0.3) is 0 Å². The molecular weight excluding hydrogens is 323 g/mol. The van der Waals surface area contributed by atoms with Crippen LogP contribution in [0.1, 0.15) is 18.9 Å². The first kappa shape index (κ1) is 16.2. The van der Waals surface area contributed by atoms with Crippen molar-refractivity contribution in [3.8, 4) is 0 Å². The maximum absolute atomic E-state index is 5.94. The van der Waals surface area contributed by atoms with Gasteiger partial charge in [-0.1, -0.05) is 42.3 Å². The molecule has 0 unspecified atom stereocenters. The third-order valence-electron chi connectivity index (χ3n) is 2.68. The first-order valence-electron chi connectivity index (χ1n) is 6.66. The Balaban J connectivity index is 1.93. The average molecular weight is 339 g/mol. The van der Waals surface area contributed by atoms with Crippen LogP contribution in [-0.2, 0) is 0 Å². The minimum absolute atomic E-state index is 0.508. The summed E-state index contributed by atoms with van der Waals surface area (Å²) in [5, 5.41) is 5.23. The van der Waals surface area contributed by atoms with Crippen LogP contribution in [0.2, 0.25) is 10.0 Å². The van der Waals surface area contributed by atoms with E-state index in [4.69, 9.17) is 23.2 Å². The first-order valence-corrected chi connectivity index (χ1v) is 8.40. The fraction of sp³-hybridized carbons (Fsp3) is 0.188. The Kier molecular flexibility index (Phi) is 6.43. The van der Waals surface area contributed by atoms with Crippen LogP contribution < -0.4 is 5.43 Å². The third kappa shape index (κ3) is 5.27. The second-order valence-electron chi connectivity index (χ2n) is 4.42. The van der Waals surface area contributed by atoms with E-state index in [1.54, 1.807) is 18.3 Å². The third-order valence-corrected chi connectivity index (χ3v) is 4.64. The largest absolute Gasteiger partial charge is 0.278 e. The van der Waals surface area contributed by atoms with Crippen molar-refractivity contribution in [3.63, 3.8) is 0 Å². The van der Waals surface area contributed by atoms with Gasteiger partial charge in [0.2, 0.25) is 0 Å². The second-order valence-corrected chi connectivity index (χ2v) is 6.40. The van der Waals surface area contributed by atoms with Gasteiger partial charge < -0.3 is 0 Å². The topological polar surface area (TPSA) is 24.4 Å². The van der Waals surface area contributed by atoms with E-state index >= 15 is 0 Å². The van der Waals surface area contributed by atoms with Crippen molar-refractivity contribution in [1.82, 2.24) is 0 Å². The molecule has 21 heavy (non-hydrogen) atoms. The Hall–Kier alpha value is -1.16. The maximum Gasteiger partial charge on any atom is 0.0613 e. The van der Waals surface area contributed by atoms with Gasteiger partial charge >= 0.3 is 0 Å². The fourth-order valence-corrected chi connectivity index (χ4v) is 2.68. The van der Waals surface area contributed by atoms with E-state index < -0.39 is 0 Å². The Morgan fingerprint density at radius 3 is 2.52 bits per heavy atom. The number of halogens is 2. The van der Waals surface area contributed by atoms with Crippen LogP contribution in [0.5, 0.6) is 0 Å². The zero-order valence-corrected chi connectivity index (χ0v) is 14.0. The summed E-state index contributed by atoms with van der Waals surface area (Å²) in [6.45, 7) is 2.18. The number of nitrogens with zero attached hydrogens (tertiary/aromatic N) is 1. The SMILES string of the molecule is CCCSc1ccc(C=NNc2ccc(Cl)c(Cl)c2)cc1. The van der Waals surface area contributed by atoms with Crippen LogP contribution in [0, 0.1) is 0 Å². The summed E-state index contributed by atoms with van der Waals surface area (Å²) < 4.78 is 0. The number of benzene rings is 2. The average Bonchev–Trinajstić information content (AvgIpc) is 2.50. The normalized spacial score (nSPS) is 11.0. The monoisotopic (exact) mass is 338 g/mol. The molecule has 1 N–H and O–H groups in total. The Morgan fingerprint density at radius 2 is 1.86 bits per heavy atom. The highest BCUT2D eigenvalue weighted by Gasteiger charge is 1.98. The molecule has 2 rings (SSSR count). The van der Waals surface area contributed by atoms with Crippen molar-refractivity contribution in [3.05, 3.63) is 58.1 Å². The molecule has 0 spiro atoms. The van der Waals surface area contributed by atoms with Crippen LogP contribution in [0.15, 0.2) is 52.5 Å². The van der Waals surface area contributed by atoms with Crippen molar-refractivity contribution in [2.45, 2.75) is 18.2 Å². The number of rotatable bonds is 6. The van der Waals surface area contributed by atoms with Gasteiger partial charge in [-0.15, -0.1) is 11.8 Å². The van der Waals surface area contributed by atoms with Crippen molar-refractivity contribution >= 4 is 46.9 Å². The Bertz CT molecular complexity index is 612. The lowest BCUT2D eigenvalue weighted by molar-refractivity contribution is 1.10. The number of hydrogen-bond donors (Lipinski definition) is 1. The summed E-state index contributed by atoms with van der Waals surface area (Å²) in [5.74, 6) is 1.15. The second kappa shape index (κ2) is 8.32. The lowest BCUT2D eigenvalue weighted by Gasteiger charge is -2.02. The Labute approximate surface area is 139 Å². The molecule has 0 amide bonds. The van der Waals surface area contributed by atoms with E-state index in [0.717, 1.165) is 17.0 Å². The van der Waals surface area contributed by atoms with Crippen molar-refractivity contribution in [2.24, 2.45) is 5.10 Å². The molecule has 2 nitrogen and oxygen atoms in total. The lowest BCUT2D eigenvalue weighted by atomic mass is 10.2. The van der Waals surface area contributed by atoms with Gasteiger partial charge in [0, 0.05) is 4.90 Å². The summed E-state index contributed by atoms with van der Waals surface area (Å²) >= 11 is 13.7. The molecular formula is C16H16Cl2N2S. The lowest BCUT2D eigenvalue weighted by Crippen LogP contribution is -1.90. The van der Waals surface area contributed by atoms with Gasteiger partial charge in [0.25, 0.3) is 0 Å². The van der Waals surface area contributed by atoms with E-state index in [2.05, 4.69) is 41.7 Å². The molecule has 0 aliphatic heterocycles. The molecule has 0 saturated heterocycles. The van der Waals surface area contributed by atoms with Gasteiger partial charge in [0.1, 0.15) is 0 Å². The van der Waals surface area contributed by atoms with Crippen LogP contribution in [0.3, 0.4) is 0 Å². The first-order chi connectivity index (χ1) is 10.2. The summed E-state index contributed by atoms with van der Waals surface area (Å²) in [6.07, 6.45) is 2.96. The molecule has 0 aromatic heterocycles. The van der Waals surface area contributed by atoms with E-state index in [1.807, 2.05) is 17.8 Å². The van der Waals surface area contributed by atoms with E-state index in [1.165, 1.54) is 11.3 Å². The highest BCUT2D eigenvalue weighted by molar-refractivity contribution is 7.99. The number of hydrogen-bond acceptors (Lipinski definition) is 3. The minimum Gasteiger partial charge on any atom is -0.278 e. The van der Waals surface area contributed by atoms with Crippen LogP contribution >= 0.6 is 35.0 Å². The number of anilines is 1. The van der Waals surface area contributed by atoms with Gasteiger partial charge in [0.05, 0.1) is 21.9 Å². The van der Waals surface area contributed by atoms with Gasteiger partial charge in [-0.05, 0) is 48.1 Å². The molecule has 0 radical (unpaired) electrons.